The maximum atomic E-state index is 11.5. The standard InChI is InChI=1S/C17H28O6/c1-12(5-4-6-13(18)9-15(20)21)11-17(2,3)8-7-14(19)10-16(22)23/h12H,4-11H2,1-3H3,(H,20,21)(H,22,23). The van der Waals surface area contributed by atoms with E-state index < -0.39 is 24.8 Å². The third kappa shape index (κ3) is 12.5. The lowest BCUT2D eigenvalue weighted by Crippen LogP contribution is -2.18. The topological polar surface area (TPSA) is 109 Å². The Morgan fingerprint density at radius 1 is 0.913 bits per heavy atom. The van der Waals surface area contributed by atoms with Crippen LogP contribution >= 0.6 is 0 Å². The number of ketones is 2. The molecule has 0 amide bonds. The Balaban J connectivity index is 4.04. The lowest BCUT2D eigenvalue weighted by Gasteiger charge is -2.28. The molecule has 0 bridgehead atoms. The number of carboxylic acid groups (broad SMARTS) is 2. The zero-order valence-corrected chi connectivity index (χ0v) is 14.3. The van der Waals surface area contributed by atoms with E-state index in [2.05, 4.69) is 6.92 Å². The molecule has 0 aromatic rings. The van der Waals surface area contributed by atoms with Crippen molar-refractivity contribution >= 4 is 23.5 Å². The largest absolute Gasteiger partial charge is 0.481 e. The maximum absolute atomic E-state index is 11.5. The lowest BCUT2D eigenvalue weighted by molar-refractivity contribution is -0.142. The third-order valence-electron chi connectivity index (χ3n) is 3.83. The number of rotatable bonds is 13. The molecule has 0 aliphatic heterocycles. The molecule has 0 saturated carbocycles. The van der Waals surface area contributed by atoms with Gasteiger partial charge in [-0.2, -0.15) is 0 Å². The predicted molar refractivity (Wildman–Crippen MR) is 85.2 cm³/mol. The SMILES string of the molecule is CC(CCCC(=O)CC(=O)O)CC(C)(C)CCC(=O)CC(=O)O. The van der Waals surface area contributed by atoms with E-state index in [4.69, 9.17) is 10.2 Å². The summed E-state index contributed by atoms with van der Waals surface area (Å²) in [6.45, 7) is 6.17. The summed E-state index contributed by atoms with van der Waals surface area (Å²) in [5.74, 6) is -2.32. The van der Waals surface area contributed by atoms with Crippen molar-refractivity contribution in [3.63, 3.8) is 0 Å². The number of aliphatic carboxylic acids is 2. The first-order valence-electron chi connectivity index (χ1n) is 7.99. The molecule has 0 rings (SSSR count). The van der Waals surface area contributed by atoms with Crippen LogP contribution in [0, 0.1) is 11.3 Å². The number of Topliss-reactive ketones (excluding diaryl/α,β-unsaturated/α-hetero) is 2. The molecular formula is C17H28O6. The second-order valence-corrected chi connectivity index (χ2v) is 7.08. The Morgan fingerprint density at radius 3 is 1.87 bits per heavy atom. The fourth-order valence-electron chi connectivity index (χ4n) is 2.79. The van der Waals surface area contributed by atoms with Gasteiger partial charge in [0, 0.05) is 12.8 Å². The molecule has 0 aliphatic rings. The van der Waals surface area contributed by atoms with Gasteiger partial charge >= 0.3 is 11.9 Å². The molecule has 23 heavy (non-hydrogen) atoms. The van der Waals surface area contributed by atoms with Gasteiger partial charge in [-0.05, 0) is 30.6 Å². The van der Waals surface area contributed by atoms with Crippen molar-refractivity contribution in [1.82, 2.24) is 0 Å². The van der Waals surface area contributed by atoms with Crippen LogP contribution in [0.5, 0.6) is 0 Å². The monoisotopic (exact) mass is 328 g/mol. The van der Waals surface area contributed by atoms with Gasteiger partial charge in [0.15, 0.2) is 0 Å². The summed E-state index contributed by atoms with van der Waals surface area (Å²) in [7, 11) is 0. The highest BCUT2D eigenvalue weighted by molar-refractivity contribution is 5.95. The van der Waals surface area contributed by atoms with Crippen molar-refractivity contribution in [3.8, 4) is 0 Å². The molecule has 0 radical (unpaired) electrons. The van der Waals surface area contributed by atoms with Crippen LogP contribution in [0.2, 0.25) is 0 Å². The van der Waals surface area contributed by atoms with Gasteiger partial charge in [0.1, 0.15) is 24.4 Å². The Bertz CT molecular complexity index is 438. The average molecular weight is 328 g/mol. The highest BCUT2D eigenvalue weighted by Gasteiger charge is 2.23. The van der Waals surface area contributed by atoms with Crippen molar-refractivity contribution in [2.45, 2.75) is 72.1 Å². The zero-order valence-electron chi connectivity index (χ0n) is 14.3. The van der Waals surface area contributed by atoms with Crippen LogP contribution in [-0.2, 0) is 19.2 Å². The van der Waals surface area contributed by atoms with E-state index in [0.29, 0.717) is 18.8 Å². The number of carboxylic acids is 2. The summed E-state index contributed by atoms with van der Waals surface area (Å²) >= 11 is 0. The van der Waals surface area contributed by atoms with E-state index in [9.17, 15) is 19.2 Å². The third-order valence-corrected chi connectivity index (χ3v) is 3.83. The number of carbonyl (C=O) groups excluding carboxylic acids is 2. The number of hydrogen-bond acceptors (Lipinski definition) is 4. The van der Waals surface area contributed by atoms with Crippen LogP contribution in [0.25, 0.3) is 0 Å². The van der Waals surface area contributed by atoms with Crippen molar-refractivity contribution in [1.29, 1.82) is 0 Å². The van der Waals surface area contributed by atoms with Gasteiger partial charge in [-0.1, -0.05) is 27.2 Å². The van der Waals surface area contributed by atoms with Gasteiger partial charge in [0.25, 0.3) is 0 Å². The molecule has 6 heteroatoms. The molecule has 0 aliphatic carbocycles. The van der Waals surface area contributed by atoms with Gasteiger partial charge in [0.2, 0.25) is 0 Å². The Morgan fingerprint density at radius 2 is 1.39 bits per heavy atom. The highest BCUT2D eigenvalue weighted by atomic mass is 16.4. The summed E-state index contributed by atoms with van der Waals surface area (Å²) in [6.07, 6.45) is 2.74. The molecule has 2 N–H and O–H groups in total. The second kappa shape index (κ2) is 10.1. The molecule has 6 nitrogen and oxygen atoms in total. The van der Waals surface area contributed by atoms with Crippen molar-refractivity contribution in [3.05, 3.63) is 0 Å². The van der Waals surface area contributed by atoms with Crippen molar-refractivity contribution < 1.29 is 29.4 Å². The first-order valence-corrected chi connectivity index (χ1v) is 7.99. The molecule has 0 heterocycles. The van der Waals surface area contributed by atoms with Crippen LogP contribution < -0.4 is 0 Å². The van der Waals surface area contributed by atoms with Crippen LogP contribution in [0.4, 0.5) is 0 Å². The van der Waals surface area contributed by atoms with E-state index in [-0.39, 0.29) is 29.8 Å². The quantitative estimate of drug-likeness (QED) is 0.503. The van der Waals surface area contributed by atoms with Crippen LogP contribution in [0.1, 0.15) is 72.1 Å². The molecule has 0 aromatic heterocycles. The second-order valence-electron chi connectivity index (χ2n) is 7.08. The van der Waals surface area contributed by atoms with Crippen LogP contribution in [-0.4, -0.2) is 33.7 Å². The highest BCUT2D eigenvalue weighted by Crippen LogP contribution is 2.32. The van der Waals surface area contributed by atoms with Gasteiger partial charge < -0.3 is 10.2 Å². The van der Waals surface area contributed by atoms with Gasteiger partial charge in [0.05, 0.1) is 0 Å². The number of hydrogen-bond donors (Lipinski definition) is 2. The Kier molecular flexibility index (Phi) is 9.37. The minimum Gasteiger partial charge on any atom is -0.481 e. The van der Waals surface area contributed by atoms with Crippen LogP contribution in [0.3, 0.4) is 0 Å². The summed E-state index contributed by atoms with van der Waals surface area (Å²) in [6, 6.07) is 0. The van der Waals surface area contributed by atoms with Crippen molar-refractivity contribution in [2.24, 2.45) is 11.3 Å². The van der Waals surface area contributed by atoms with E-state index in [1.807, 2.05) is 13.8 Å². The molecule has 0 aromatic carbocycles. The summed E-state index contributed by atoms with van der Waals surface area (Å²) in [5.41, 5.74) is -0.0708. The lowest BCUT2D eigenvalue weighted by atomic mass is 9.78. The zero-order chi connectivity index (χ0) is 18.0. The molecule has 0 spiro atoms. The Hall–Kier alpha value is -1.72. The molecule has 1 unspecified atom stereocenters. The molecular weight excluding hydrogens is 300 g/mol. The van der Waals surface area contributed by atoms with Gasteiger partial charge in [-0.15, -0.1) is 0 Å². The summed E-state index contributed by atoms with van der Waals surface area (Å²) in [5, 5.41) is 17.1. The normalized spacial score (nSPS) is 12.7. The molecule has 132 valence electrons. The van der Waals surface area contributed by atoms with Gasteiger partial charge in [-0.3, -0.25) is 19.2 Å². The van der Waals surface area contributed by atoms with Crippen LogP contribution in [0.15, 0.2) is 0 Å². The average Bonchev–Trinajstić information content (AvgIpc) is 2.34. The number of carbonyl (C=O) groups is 4. The van der Waals surface area contributed by atoms with Gasteiger partial charge in [-0.25, -0.2) is 0 Å². The smallest absolute Gasteiger partial charge is 0.310 e. The first kappa shape index (κ1) is 21.3. The van der Waals surface area contributed by atoms with E-state index in [1.54, 1.807) is 0 Å². The summed E-state index contributed by atoms with van der Waals surface area (Å²) in [4.78, 5) is 43.6. The summed E-state index contributed by atoms with van der Waals surface area (Å²) < 4.78 is 0. The fourth-order valence-corrected chi connectivity index (χ4v) is 2.79. The van der Waals surface area contributed by atoms with E-state index >= 15 is 0 Å². The van der Waals surface area contributed by atoms with E-state index in [1.165, 1.54) is 0 Å². The van der Waals surface area contributed by atoms with Crippen molar-refractivity contribution in [2.75, 3.05) is 0 Å². The minimum atomic E-state index is -1.09. The predicted octanol–water partition coefficient (Wildman–Crippen LogP) is 3.08. The van der Waals surface area contributed by atoms with E-state index in [0.717, 1.165) is 12.8 Å². The minimum absolute atomic E-state index is 0.0708. The molecule has 0 fully saturated rings. The Labute approximate surface area is 137 Å². The maximum Gasteiger partial charge on any atom is 0.310 e. The molecule has 1 atom stereocenters. The molecule has 0 saturated heterocycles. The first-order chi connectivity index (χ1) is 10.5. The fraction of sp³-hybridized carbons (Fsp3) is 0.765.